The van der Waals surface area contributed by atoms with Crippen molar-refractivity contribution < 1.29 is 13.2 Å². The molecule has 0 atom stereocenters. The molecule has 1 heterocycles. The number of nitrogens with one attached hydrogen (secondary N) is 1. The number of amides is 1. The molecule has 2 aromatic rings. The molecule has 2 aromatic carbocycles. The quantitative estimate of drug-likeness (QED) is 0.822. The molecule has 0 bridgehead atoms. The van der Waals surface area contributed by atoms with E-state index < -0.39 is 21.6 Å². The van der Waals surface area contributed by atoms with E-state index in [1.54, 1.807) is 48.5 Å². The van der Waals surface area contributed by atoms with E-state index in [4.69, 9.17) is 23.2 Å². The maximum atomic E-state index is 12.5. The number of hydrogen-bond acceptors (Lipinski definition) is 4. The first-order valence-corrected chi connectivity index (χ1v) is 9.30. The average Bonchev–Trinajstić information content (AvgIpc) is 2.77. The molecule has 1 fully saturated rings. The van der Waals surface area contributed by atoms with Gasteiger partial charge < -0.3 is 5.32 Å². The Hall–Kier alpha value is -2.02. The Kier molecular flexibility index (Phi) is 4.54. The molecule has 0 saturated carbocycles. The molecule has 8 heteroatoms. The fourth-order valence-electron chi connectivity index (χ4n) is 2.22. The van der Waals surface area contributed by atoms with E-state index in [0.29, 0.717) is 21.4 Å². The summed E-state index contributed by atoms with van der Waals surface area (Å²) in [6, 6.07) is 13.1. The Morgan fingerprint density at radius 2 is 1.50 bits per heavy atom. The molecular formula is C16H12Cl2N2O3S. The molecule has 1 saturated heterocycles. The largest absolute Gasteiger partial charge is 0.360 e. The van der Waals surface area contributed by atoms with Crippen molar-refractivity contribution in [1.29, 1.82) is 0 Å². The van der Waals surface area contributed by atoms with Crippen LogP contribution in [-0.2, 0) is 14.6 Å². The van der Waals surface area contributed by atoms with E-state index in [1.165, 1.54) is 11.1 Å². The first-order valence-electron chi connectivity index (χ1n) is 6.89. The first-order chi connectivity index (χ1) is 11.4. The van der Waals surface area contributed by atoms with E-state index in [9.17, 15) is 13.2 Å². The van der Waals surface area contributed by atoms with Crippen molar-refractivity contribution in [2.45, 2.75) is 0 Å². The Bertz CT molecular complexity index is 907. The van der Waals surface area contributed by atoms with E-state index in [-0.39, 0.29) is 4.91 Å². The first kappa shape index (κ1) is 16.8. The fourth-order valence-corrected chi connectivity index (χ4v) is 3.84. The summed E-state index contributed by atoms with van der Waals surface area (Å²) in [5.74, 6) is -0.986. The highest BCUT2D eigenvalue weighted by Crippen LogP contribution is 2.28. The molecule has 1 aliphatic heterocycles. The fraction of sp³-hybridized carbons (Fsp3) is 0.0625. The van der Waals surface area contributed by atoms with Gasteiger partial charge in [-0.1, -0.05) is 23.2 Å². The topological polar surface area (TPSA) is 66.5 Å². The van der Waals surface area contributed by atoms with Crippen molar-refractivity contribution in [1.82, 2.24) is 0 Å². The summed E-state index contributed by atoms with van der Waals surface area (Å²) < 4.78 is 24.6. The van der Waals surface area contributed by atoms with Gasteiger partial charge in [0.1, 0.15) is 10.8 Å². The molecule has 1 amide bonds. The van der Waals surface area contributed by atoms with Gasteiger partial charge in [-0.05, 0) is 48.5 Å². The van der Waals surface area contributed by atoms with Gasteiger partial charge in [0, 0.05) is 27.6 Å². The molecule has 24 heavy (non-hydrogen) atoms. The highest BCUT2D eigenvalue weighted by atomic mass is 35.5. The zero-order valence-corrected chi connectivity index (χ0v) is 14.6. The van der Waals surface area contributed by atoms with Crippen LogP contribution in [0.2, 0.25) is 10.0 Å². The minimum absolute atomic E-state index is 0.285. The molecule has 5 nitrogen and oxygen atoms in total. The van der Waals surface area contributed by atoms with E-state index in [1.807, 2.05) is 0 Å². The van der Waals surface area contributed by atoms with Crippen LogP contribution >= 0.6 is 23.2 Å². The Balaban J connectivity index is 1.87. The number of benzene rings is 2. The average molecular weight is 383 g/mol. The van der Waals surface area contributed by atoms with Gasteiger partial charge in [0.05, 0.1) is 0 Å². The monoisotopic (exact) mass is 382 g/mol. The zero-order valence-electron chi connectivity index (χ0n) is 12.2. The summed E-state index contributed by atoms with van der Waals surface area (Å²) >= 11 is 11.6. The van der Waals surface area contributed by atoms with Gasteiger partial charge in [-0.15, -0.1) is 0 Å². The second-order valence-corrected chi connectivity index (χ2v) is 7.91. The van der Waals surface area contributed by atoms with Crippen LogP contribution in [0.4, 0.5) is 11.4 Å². The maximum Gasteiger partial charge on any atom is 0.272 e. The van der Waals surface area contributed by atoms with Crippen molar-refractivity contribution in [3.05, 3.63) is 69.7 Å². The number of anilines is 2. The third-order valence-electron chi connectivity index (χ3n) is 3.44. The number of carbonyl (C=O) groups excluding carboxylic acids is 1. The summed E-state index contributed by atoms with van der Waals surface area (Å²) in [7, 11) is -3.71. The number of nitrogens with zero attached hydrogens (tertiary/aromatic N) is 1. The van der Waals surface area contributed by atoms with Crippen molar-refractivity contribution in [3.8, 4) is 0 Å². The van der Waals surface area contributed by atoms with Gasteiger partial charge in [0.2, 0.25) is 9.84 Å². The molecule has 124 valence electrons. The Morgan fingerprint density at radius 3 is 2.08 bits per heavy atom. The van der Waals surface area contributed by atoms with Gasteiger partial charge in [0.15, 0.2) is 0 Å². The Morgan fingerprint density at radius 1 is 0.958 bits per heavy atom. The highest BCUT2D eigenvalue weighted by molar-refractivity contribution is 7.97. The van der Waals surface area contributed by atoms with E-state index in [2.05, 4.69) is 5.32 Å². The summed E-state index contributed by atoms with van der Waals surface area (Å²) in [5.41, 5.74) is 1.10. The van der Waals surface area contributed by atoms with Crippen LogP contribution < -0.4 is 10.2 Å². The van der Waals surface area contributed by atoms with Crippen LogP contribution in [0.3, 0.4) is 0 Å². The van der Waals surface area contributed by atoms with E-state index in [0.717, 1.165) is 0 Å². The lowest BCUT2D eigenvalue weighted by atomic mass is 10.3. The third-order valence-corrected chi connectivity index (χ3v) is 5.51. The lowest BCUT2D eigenvalue weighted by Gasteiger charge is -2.13. The third kappa shape index (κ3) is 3.40. The SMILES string of the molecule is O=C1/C(=C\Nc2ccc(Cl)cc2)S(=O)(=O)CN1c1ccc(Cl)cc1. The van der Waals surface area contributed by atoms with Gasteiger partial charge >= 0.3 is 0 Å². The zero-order chi connectivity index (χ0) is 17.3. The van der Waals surface area contributed by atoms with Crippen molar-refractivity contribution in [2.24, 2.45) is 0 Å². The molecule has 1 aliphatic rings. The van der Waals surface area contributed by atoms with Gasteiger partial charge in [0.25, 0.3) is 5.91 Å². The molecule has 3 rings (SSSR count). The van der Waals surface area contributed by atoms with Gasteiger partial charge in [-0.25, -0.2) is 8.42 Å². The van der Waals surface area contributed by atoms with Crippen LogP contribution in [0, 0.1) is 0 Å². The number of halogens is 2. The number of sulfone groups is 1. The molecule has 1 N–H and O–H groups in total. The lowest BCUT2D eigenvalue weighted by Crippen LogP contribution is -2.24. The van der Waals surface area contributed by atoms with Gasteiger partial charge in [-0.2, -0.15) is 0 Å². The Labute approximate surface area is 149 Å². The molecular weight excluding hydrogens is 371 g/mol. The molecule has 0 aromatic heterocycles. The number of carbonyl (C=O) groups is 1. The predicted molar refractivity (Wildman–Crippen MR) is 95.9 cm³/mol. The van der Waals surface area contributed by atoms with Crippen LogP contribution in [0.25, 0.3) is 0 Å². The molecule has 0 spiro atoms. The van der Waals surface area contributed by atoms with Crippen LogP contribution in [0.1, 0.15) is 0 Å². The number of hydrogen-bond donors (Lipinski definition) is 1. The second-order valence-electron chi connectivity index (χ2n) is 5.11. The maximum absolute atomic E-state index is 12.5. The molecule has 0 aliphatic carbocycles. The summed E-state index contributed by atoms with van der Waals surface area (Å²) in [5, 5.41) is 3.88. The number of rotatable bonds is 3. The summed E-state index contributed by atoms with van der Waals surface area (Å²) in [6.07, 6.45) is 1.21. The van der Waals surface area contributed by atoms with Crippen molar-refractivity contribution >= 4 is 50.3 Å². The smallest absolute Gasteiger partial charge is 0.272 e. The minimum atomic E-state index is -3.71. The minimum Gasteiger partial charge on any atom is -0.360 e. The standard InChI is InChI=1S/C16H12Cl2N2O3S/c17-11-1-5-13(6-2-11)19-9-15-16(21)20(10-24(15,22)23)14-7-3-12(18)4-8-14/h1-9,19H,10H2/b15-9+. The molecule has 0 unspecified atom stereocenters. The normalized spacial score (nSPS) is 18.2. The van der Waals surface area contributed by atoms with Crippen LogP contribution in [-0.4, -0.2) is 20.2 Å². The van der Waals surface area contributed by atoms with Crippen molar-refractivity contribution in [3.63, 3.8) is 0 Å². The van der Waals surface area contributed by atoms with Crippen LogP contribution in [0.5, 0.6) is 0 Å². The molecule has 0 radical (unpaired) electrons. The lowest BCUT2D eigenvalue weighted by molar-refractivity contribution is -0.114. The second kappa shape index (κ2) is 6.47. The predicted octanol–water partition coefficient (Wildman–Crippen LogP) is 3.67. The summed E-state index contributed by atoms with van der Waals surface area (Å²) in [4.78, 5) is 13.4. The van der Waals surface area contributed by atoms with Gasteiger partial charge in [-0.3, -0.25) is 9.69 Å². The van der Waals surface area contributed by atoms with E-state index >= 15 is 0 Å². The summed E-state index contributed by atoms with van der Waals surface area (Å²) in [6.45, 7) is 0. The van der Waals surface area contributed by atoms with Crippen molar-refractivity contribution in [2.75, 3.05) is 16.1 Å². The highest BCUT2D eigenvalue weighted by Gasteiger charge is 2.40. The van der Waals surface area contributed by atoms with Crippen LogP contribution in [0.15, 0.2) is 59.6 Å².